The maximum atomic E-state index is 12.7. The van der Waals surface area contributed by atoms with Gasteiger partial charge in [0.05, 0.1) is 29.7 Å². The number of amides is 1. The number of hydrogen-bond acceptors (Lipinski definition) is 5. The van der Waals surface area contributed by atoms with Crippen molar-refractivity contribution in [2.45, 2.75) is 10.8 Å². The van der Waals surface area contributed by atoms with Gasteiger partial charge in [-0.1, -0.05) is 48.0 Å². The van der Waals surface area contributed by atoms with Crippen LogP contribution in [0.4, 0.5) is 11.4 Å². The van der Waals surface area contributed by atoms with Gasteiger partial charge in [-0.05, 0) is 35.2 Å². The van der Waals surface area contributed by atoms with Crippen molar-refractivity contribution in [1.29, 1.82) is 0 Å². The Morgan fingerprint density at radius 1 is 1.03 bits per heavy atom. The van der Waals surface area contributed by atoms with Crippen molar-refractivity contribution < 1.29 is 13.2 Å². The molecular weight excluding hydrogens is 456 g/mol. The lowest BCUT2D eigenvalue weighted by atomic mass is 10.2. The van der Waals surface area contributed by atoms with E-state index in [9.17, 15) is 13.2 Å². The third kappa shape index (κ3) is 4.96. The molecule has 0 aliphatic heterocycles. The molecule has 7 nitrogen and oxygen atoms in total. The molecule has 0 fully saturated rings. The lowest BCUT2D eigenvalue weighted by Gasteiger charge is -2.12. The van der Waals surface area contributed by atoms with E-state index in [1.54, 1.807) is 52.7 Å². The molecule has 0 aliphatic rings. The van der Waals surface area contributed by atoms with Gasteiger partial charge in [-0.2, -0.15) is 5.10 Å². The molecule has 2 N–H and O–H groups in total. The van der Waals surface area contributed by atoms with Gasteiger partial charge < -0.3 is 5.32 Å². The van der Waals surface area contributed by atoms with Gasteiger partial charge in [-0.3, -0.25) is 14.2 Å². The second-order valence-electron chi connectivity index (χ2n) is 6.56. The number of nitrogens with zero attached hydrogens (tertiary/aromatic N) is 2. The van der Waals surface area contributed by atoms with Crippen LogP contribution in [-0.4, -0.2) is 24.1 Å². The smallest absolute Gasteiger partial charge is 0.271 e. The van der Waals surface area contributed by atoms with Gasteiger partial charge >= 0.3 is 0 Å². The molecule has 0 atom stereocenters. The zero-order valence-corrected chi connectivity index (χ0v) is 18.4. The molecule has 0 bridgehead atoms. The Morgan fingerprint density at radius 2 is 1.77 bits per heavy atom. The molecule has 4 aromatic rings. The van der Waals surface area contributed by atoms with Crippen LogP contribution in [0, 0.1) is 0 Å². The number of benzene rings is 2. The zero-order valence-electron chi connectivity index (χ0n) is 16.0. The molecule has 0 saturated carbocycles. The van der Waals surface area contributed by atoms with E-state index in [1.165, 1.54) is 12.3 Å². The minimum absolute atomic E-state index is 0.189. The summed E-state index contributed by atoms with van der Waals surface area (Å²) in [5.41, 5.74) is 1.83. The monoisotopic (exact) mass is 472 g/mol. The Kier molecular flexibility index (Phi) is 6.08. The molecule has 2 aromatic carbocycles. The van der Waals surface area contributed by atoms with Crippen molar-refractivity contribution in [3.8, 4) is 0 Å². The predicted molar refractivity (Wildman–Crippen MR) is 122 cm³/mol. The molecule has 2 heterocycles. The van der Waals surface area contributed by atoms with E-state index >= 15 is 0 Å². The number of halogens is 1. The Balaban J connectivity index is 1.50. The summed E-state index contributed by atoms with van der Waals surface area (Å²) < 4.78 is 29.4. The van der Waals surface area contributed by atoms with Crippen LogP contribution in [0.5, 0.6) is 0 Å². The Labute approximate surface area is 188 Å². The summed E-state index contributed by atoms with van der Waals surface area (Å²) in [6, 6.07) is 17.2. The molecule has 158 valence electrons. The number of rotatable bonds is 7. The van der Waals surface area contributed by atoms with Crippen LogP contribution in [0.15, 0.2) is 82.6 Å². The molecule has 0 spiro atoms. The normalized spacial score (nSPS) is 11.3. The van der Waals surface area contributed by atoms with Crippen molar-refractivity contribution in [3.05, 3.63) is 94.6 Å². The van der Waals surface area contributed by atoms with E-state index < -0.39 is 15.9 Å². The standard InChI is InChI=1S/C21H17ClN4O3S2/c22-17-7-2-1-6-15(17)13-26-14-16(12-23-26)21(27)24-18-8-3-4-9-19(18)25-31(28,29)20-10-5-11-30-20/h1-12,14,25H,13H2,(H,24,27). The second-order valence-corrected chi connectivity index (χ2v) is 9.82. The number of hydrogen-bond donors (Lipinski definition) is 2. The highest BCUT2D eigenvalue weighted by Crippen LogP contribution is 2.26. The molecule has 2 aromatic heterocycles. The highest BCUT2D eigenvalue weighted by molar-refractivity contribution is 7.94. The minimum atomic E-state index is -3.74. The molecule has 4 rings (SSSR count). The number of thiophene rings is 1. The molecule has 0 unspecified atom stereocenters. The van der Waals surface area contributed by atoms with Gasteiger partial charge in [-0.25, -0.2) is 8.42 Å². The topological polar surface area (TPSA) is 93.1 Å². The van der Waals surface area contributed by atoms with Gasteiger partial charge in [0.2, 0.25) is 0 Å². The fourth-order valence-electron chi connectivity index (χ4n) is 2.86. The first-order valence-corrected chi connectivity index (χ1v) is 11.9. The summed E-state index contributed by atoms with van der Waals surface area (Å²) >= 11 is 7.29. The van der Waals surface area contributed by atoms with Crippen LogP contribution >= 0.6 is 22.9 Å². The highest BCUT2D eigenvalue weighted by Gasteiger charge is 2.18. The summed E-state index contributed by atoms with van der Waals surface area (Å²) in [7, 11) is -3.74. The SMILES string of the molecule is O=C(Nc1ccccc1NS(=O)(=O)c1cccs1)c1cnn(Cc2ccccc2Cl)c1. The third-order valence-electron chi connectivity index (χ3n) is 4.37. The molecule has 0 saturated heterocycles. The lowest BCUT2D eigenvalue weighted by molar-refractivity contribution is 0.102. The molecule has 0 aliphatic carbocycles. The summed E-state index contributed by atoms with van der Waals surface area (Å²) in [6.07, 6.45) is 3.06. The largest absolute Gasteiger partial charge is 0.320 e. The van der Waals surface area contributed by atoms with Crippen LogP contribution in [0.25, 0.3) is 0 Å². The van der Waals surface area contributed by atoms with Crippen LogP contribution in [0.2, 0.25) is 5.02 Å². The summed E-state index contributed by atoms with van der Waals surface area (Å²) in [5.74, 6) is -0.409. The number of para-hydroxylation sites is 2. The Bertz CT molecular complexity index is 1320. The summed E-state index contributed by atoms with van der Waals surface area (Å²) in [4.78, 5) is 12.7. The average molecular weight is 473 g/mol. The van der Waals surface area contributed by atoms with Crippen molar-refractivity contribution in [3.63, 3.8) is 0 Å². The number of carbonyl (C=O) groups excluding carboxylic acids is 1. The van der Waals surface area contributed by atoms with Crippen LogP contribution < -0.4 is 10.0 Å². The first kappa shape index (κ1) is 21.1. The molecular formula is C21H17ClN4O3S2. The van der Waals surface area contributed by atoms with E-state index in [0.717, 1.165) is 16.9 Å². The fourth-order valence-corrected chi connectivity index (χ4v) is 5.12. The van der Waals surface area contributed by atoms with Crippen LogP contribution in [-0.2, 0) is 16.6 Å². The Hall–Kier alpha value is -3.14. The van der Waals surface area contributed by atoms with Crippen molar-refractivity contribution in [2.75, 3.05) is 10.0 Å². The van der Waals surface area contributed by atoms with Crippen LogP contribution in [0.3, 0.4) is 0 Å². The number of nitrogens with one attached hydrogen (secondary N) is 2. The van der Waals surface area contributed by atoms with Gasteiger partial charge in [0.15, 0.2) is 0 Å². The maximum Gasteiger partial charge on any atom is 0.271 e. The van der Waals surface area contributed by atoms with E-state index in [-0.39, 0.29) is 9.90 Å². The molecule has 31 heavy (non-hydrogen) atoms. The van der Waals surface area contributed by atoms with E-state index in [0.29, 0.717) is 22.8 Å². The van der Waals surface area contributed by atoms with Crippen molar-refractivity contribution in [1.82, 2.24) is 9.78 Å². The van der Waals surface area contributed by atoms with Crippen LogP contribution in [0.1, 0.15) is 15.9 Å². The van der Waals surface area contributed by atoms with Crippen molar-refractivity contribution in [2.24, 2.45) is 0 Å². The fraction of sp³-hybridized carbons (Fsp3) is 0.0476. The molecule has 1 amide bonds. The quantitative estimate of drug-likeness (QED) is 0.407. The molecule has 10 heteroatoms. The number of carbonyl (C=O) groups is 1. The number of aromatic nitrogens is 2. The minimum Gasteiger partial charge on any atom is -0.320 e. The third-order valence-corrected chi connectivity index (χ3v) is 7.50. The lowest BCUT2D eigenvalue weighted by Crippen LogP contribution is -2.16. The first-order chi connectivity index (χ1) is 14.9. The highest BCUT2D eigenvalue weighted by atomic mass is 35.5. The zero-order chi connectivity index (χ0) is 21.8. The summed E-state index contributed by atoms with van der Waals surface area (Å²) in [6.45, 7) is 0.421. The number of sulfonamides is 1. The molecule has 0 radical (unpaired) electrons. The van der Waals surface area contributed by atoms with E-state index in [4.69, 9.17) is 11.6 Å². The number of anilines is 2. The van der Waals surface area contributed by atoms with Gasteiger partial charge in [0.25, 0.3) is 15.9 Å². The first-order valence-electron chi connectivity index (χ1n) is 9.15. The Morgan fingerprint density at radius 3 is 2.52 bits per heavy atom. The van der Waals surface area contributed by atoms with Gasteiger partial charge in [-0.15, -0.1) is 11.3 Å². The van der Waals surface area contributed by atoms with Gasteiger partial charge in [0, 0.05) is 11.2 Å². The van der Waals surface area contributed by atoms with E-state index in [2.05, 4.69) is 15.1 Å². The second kappa shape index (κ2) is 8.93. The van der Waals surface area contributed by atoms with E-state index in [1.807, 2.05) is 18.2 Å². The average Bonchev–Trinajstić information content (AvgIpc) is 3.44. The maximum absolute atomic E-state index is 12.7. The van der Waals surface area contributed by atoms with Crippen molar-refractivity contribution >= 4 is 50.2 Å². The van der Waals surface area contributed by atoms with Gasteiger partial charge in [0.1, 0.15) is 4.21 Å². The predicted octanol–water partition coefficient (Wildman–Crippen LogP) is 4.70. The summed E-state index contributed by atoms with van der Waals surface area (Å²) in [5, 5.41) is 9.26.